The summed E-state index contributed by atoms with van der Waals surface area (Å²) in [6, 6.07) is 8.36. The highest BCUT2D eigenvalue weighted by Gasteiger charge is 2.12. The fraction of sp³-hybridized carbons (Fsp3) is 0.250. The van der Waals surface area contributed by atoms with E-state index in [2.05, 4.69) is 15.9 Å². The molecule has 4 heteroatoms. The maximum atomic E-state index is 13.8. The SMILES string of the molecule is Cc1ccc(COc2c(F)cc(CBr)cc2F)cc1C. The first-order valence-electron chi connectivity index (χ1n) is 6.24. The molecule has 20 heavy (non-hydrogen) atoms. The minimum Gasteiger partial charge on any atom is -0.483 e. The van der Waals surface area contributed by atoms with E-state index in [1.54, 1.807) is 0 Å². The Bertz CT molecular complexity index is 603. The topological polar surface area (TPSA) is 9.23 Å². The summed E-state index contributed by atoms with van der Waals surface area (Å²) in [6.07, 6.45) is 0. The molecule has 0 radical (unpaired) electrons. The van der Waals surface area contributed by atoms with Crippen LogP contribution < -0.4 is 4.74 Å². The van der Waals surface area contributed by atoms with Crippen LogP contribution in [0.2, 0.25) is 0 Å². The molecule has 2 aromatic rings. The Hall–Kier alpha value is -1.42. The lowest BCUT2D eigenvalue weighted by atomic mass is 10.1. The Balaban J connectivity index is 2.16. The molecule has 0 aromatic heterocycles. The van der Waals surface area contributed by atoms with Crippen LogP contribution in [0.4, 0.5) is 8.78 Å². The maximum absolute atomic E-state index is 13.8. The van der Waals surface area contributed by atoms with Gasteiger partial charge in [0.05, 0.1) is 0 Å². The predicted molar refractivity (Wildman–Crippen MR) is 79.2 cm³/mol. The largest absolute Gasteiger partial charge is 0.483 e. The van der Waals surface area contributed by atoms with E-state index in [-0.39, 0.29) is 12.4 Å². The van der Waals surface area contributed by atoms with E-state index in [0.717, 1.165) is 11.1 Å². The molecule has 0 saturated heterocycles. The molecular formula is C16H15BrF2O. The van der Waals surface area contributed by atoms with E-state index in [1.807, 2.05) is 32.0 Å². The number of benzene rings is 2. The molecule has 0 heterocycles. The third-order valence-electron chi connectivity index (χ3n) is 3.17. The van der Waals surface area contributed by atoms with Crippen molar-refractivity contribution < 1.29 is 13.5 Å². The molecule has 0 amide bonds. The van der Waals surface area contributed by atoms with Crippen molar-refractivity contribution in [3.05, 3.63) is 64.2 Å². The lowest BCUT2D eigenvalue weighted by molar-refractivity contribution is 0.274. The first kappa shape index (κ1) is 15.0. The zero-order valence-electron chi connectivity index (χ0n) is 11.3. The average Bonchev–Trinajstić information content (AvgIpc) is 2.41. The van der Waals surface area contributed by atoms with Gasteiger partial charge in [-0.05, 0) is 48.2 Å². The standard InChI is InChI=1S/C16H15BrF2O/c1-10-3-4-12(5-11(10)2)9-20-16-14(18)6-13(8-17)7-15(16)19/h3-7H,8-9H2,1-2H3. The summed E-state index contributed by atoms with van der Waals surface area (Å²) in [5.74, 6) is -1.68. The molecule has 0 spiro atoms. The van der Waals surface area contributed by atoms with Crippen molar-refractivity contribution in [3.8, 4) is 5.75 Å². The summed E-state index contributed by atoms with van der Waals surface area (Å²) in [5, 5.41) is 0.401. The van der Waals surface area contributed by atoms with Crippen molar-refractivity contribution in [1.29, 1.82) is 0 Å². The second-order valence-corrected chi connectivity index (χ2v) is 5.29. The molecule has 0 aliphatic carbocycles. The number of alkyl halides is 1. The Morgan fingerprint density at radius 2 is 1.60 bits per heavy atom. The second kappa shape index (κ2) is 6.35. The third-order valence-corrected chi connectivity index (χ3v) is 3.81. The molecular weight excluding hydrogens is 326 g/mol. The fourth-order valence-electron chi connectivity index (χ4n) is 1.88. The van der Waals surface area contributed by atoms with Crippen molar-refractivity contribution in [1.82, 2.24) is 0 Å². The van der Waals surface area contributed by atoms with Crippen LogP contribution in [0.1, 0.15) is 22.3 Å². The van der Waals surface area contributed by atoms with Gasteiger partial charge in [0.2, 0.25) is 0 Å². The minimum absolute atomic E-state index is 0.141. The molecule has 0 aliphatic rings. The average molecular weight is 341 g/mol. The van der Waals surface area contributed by atoms with Crippen LogP contribution >= 0.6 is 15.9 Å². The van der Waals surface area contributed by atoms with E-state index in [4.69, 9.17) is 4.74 Å². The van der Waals surface area contributed by atoms with Crippen LogP contribution in [-0.2, 0) is 11.9 Å². The summed E-state index contributed by atoms with van der Waals surface area (Å²) in [6.45, 7) is 4.14. The summed E-state index contributed by atoms with van der Waals surface area (Å²) in [4.78, 5) is 0. The van der Waals surface area contributed by atoms with Crippen molar-refractivity contribution in [3.63, 3.8) is 0 Å². The van der Waals surface area contributed by atoms with E-state index >= 15 is 0 Å². The van der Waals surface area contributed by atoms with Gasteiger partial charge in [0.25, 0.3) is 0 Å². The zero-order valence-corrected chi connectivity index (χ0v) is 12.9. The van der Waals surface area contributed by atoms with E-state index < -0.39 is 11.6 Å². The highest BCUT2D eigenvalue weighted by Crippen LogP contribution is 2.25. The molecule has 2 rings (SSSR count). The Morgan fingerprint density at radius 1 is 0.950 bits per heavy atom. The summed E-state index contributed by atoms with van der Waals surface area (Å²) in [5.41, 5.74) is 3.73. The number of rotatable bonds is 4. The molecule has 0 N–H and O–H groups in total. The van der Waals surface area contributed by atoms with Crippen molar-refractivity contribution in [2.75, 3.05) is 0 Å². The quantitative estimate of drug-likeness (QED) is 0.707. The first-order valence-corrected chi connectivity index (χ1v) is 7.36. The third kappa shape index (κ3) is 3.37. The van der Waals surface area contributed by atoms with E-state index in [9.17, 15) is 8.78 Å². The predicted octanol–water partition coefficient (Wildman–Crippen LogP) is 5.06. The molecule has 0 unspecified atom stereocenters. The van der Waals surface area contributed by atoms with Crippen LogP contribution in [-0.4, -0.2) is 0 Å². The first-order chi connectivity index (χ1) is 9.51. The Kier molecular flexibility index (Phi) is 4.76. The highest BCUT2D eigenvalue weighted by atomic mass is 79.9. The second-order valence-electron chi connectivity index (χ2n) is 4.73. The molecule has 0 aliphatic heterocycles. The smallest absolute Gasteiger partial charge is 0.191 e. The molecule has 2 aromatic carbocycles. The van der Waals surface area contributed by atoms with Crippen LogP contribution in [0.3, 0.4) is 0 Å². The van der Waals surface area contributed by atoms with Gasteiger partial charge in [0.15, 0.2) is 17.4 Å². The van der Waals surface area contributed by atoms with Gasteiger partial charge in [-0.15, -0.1) is 0 Å². The number of hydrogen-bond acceptors (Lipinski definition) is 1. The zero-order chi connectivity index (χ0) is 14.7. The van der Waals surface area contributed by atoms with Gasteiger partial charge in [-0.3, -0.25) is 0 Å². The van der Waals surface area contributed by atoms with Crippen molar-refractivity contribution in [2.24, 2.45) is 0 Å². The van der Waals surface area contributed by atoms with Gasteiger partial charge < -0.3 is 4.74 Å². The van der Waals surface area contributed by atoms with Gasteiger partial charge >= 0.3 is 0 Å². The fourth-order valence-corrected chi connectivity index (χ4v) is 2.20. The van der Waals surface area contributed by atoms with Gasteiger partial charge in [-0.2, -0.15) is 0 Å². The van der Waals surface area contributed by atoms with Crippen molar-refractivity contribution in [2.45, 2.75) is 25.8 Å². The van der Waals surface area contributed by atoms with E-state index in [1.165, 1.54) is 17.7 Å². The van der Waals surface area contributed by atoms with Gasteiger partial charge in [0.1, 0.15) is 6.61 Å². The van der Waals surface area contributed by atoms with Crippen LogP contribution in [0.25, 0.3) is 0 Å². The number of hydrogen-bond donors (Lipinski definition) is 0. The van der Waals surface area contributed by atoms with Crippen LogP contribution in [0.5, 0.6) is 5.75 Å². The minimum atomic E-state index is -0.678. The van der Waals surface area contributed by atoms with Gasteiger partial charge in [-0.25, -0.2) is 8.78 Å². The Labute approximate surface area is 125 Å². The molecule has 0 saturated carbocycles. The summed E-state index contributed by atoms with van der Waals surface area (Å²) >= 11 is 3.17. The monoisotopic (exact) mass is 340 g/mol. The normalized spacial score (nSPS) is 10.7. The van der Waals surface area contributed by atoms with Crippen LogP contribution in [0.15, 0.2) is 30.3 Å². The number of ether oxygens (including phenoxy) is 1. The lowest BCUT2D eigenvalue weighted by Crippen LogP contribution is -2.01. The molecule has 1 nitrogen and oxygen atoms in total. The molecule has 106 valence electrons. The summed E-state index contributed by atoms with van der Waals surface area (Å²) < 4.78 is 32.8. The molecule has 0 atom stereocenters. The summed E-state index contributed by atoms with van der Waals surface area (Å²) in [7, 11) is 0. The van der Waals surface area contributed by atoms with Crippen LogP contribution in [0, 0.1) is 25.5 Å². The van der Waals surface area contributed by atoms with Gasteiger partial charge in [0, 0.05) is 5.33 Å². The highest BCUT2D eigenvalue weighted by molar-refractivity contribution is 9.08. The van der Waals surface area contributed by atoms with E-state index in [0.29, 0.717) is 10.9 Å². The number of halogens is 3. The lowest BCUT2D eigenvalue weighted by Gasteiger charge is -2.10. The molecule has 0 bridgehead atoms. The maximum Gasteiger partial charge on any atom is 0.191 e. The van der Waals surface area contributed by atoms with Crippen molar-refractivity contribution >= 4 is 15.9 Å². The number of aryl methyl sites for hydroxylation is 2. The molecule has 0 fully saturated rings. The Morgan fingerprint density at radius 3 is 2.15 bits per heavy atom. The van der Waals surface area contributed by atoms with Gasteiger partial charge in [-0.1, -0.05) is 34.1 Å².